The summed E-state index contributed by atoms with van der Waals surface area (Å²) in [4.78, 5) is 17.1. The minimum atomic E-state index is -0.243. The lowest BCUT2D eigenvalue weighted by Crippen LogP contribution is -2.18. The first kappa shape index (κ1) is 24.2. The highest BCUT2D eigenvalue weighted by molar-refractivity contribution is 7.99. The van der Waals surface area contributed by atoms with Gasteiger partial charge in [-0.1, -0.05) is 30.0 Å². The monoisotopic (exact) mass is 487 g/mol. The first-order chi connectivity index (χ1) is 17.0. The van der Waals surface area contributed by atoms with Crippen LogP contribution in [0.1, 0.15) is 16.8 Å². The molecule has 3 aromatic heterocycles. The van der Waals surface area contributed by atoms with Crippen molar-refractivity contribution in [1.82, 2.24) is 24.3 Å². The third kappa shape index (κ3) is 5.11. The van der Waals surface area contributed by atoms with Crippen LogP contribution >= 0.6 is 11.8 Å². The Balaban J connectivity index is 1.57. The van der Waals surface area contributed by atoms with Gasteiger partial charge < -0.3 is 10.1 Å². The number of aromatic nitrogens is 5. The van der Waals surface area contributed by atoms with Crippen molar-refractivity contribution in [1.29, 1.82) is 5.26 Å². The molecule has 0 atom stereocenters. The van der Waals surface area contributed by atoms with E-state index >= 15 is 0 Å². The van der Waals surface area contributed by atoms with Crippen molar-refractivity contribution < 1.29 is 9.53 Å². The highest BCUT2D eigenvalue weighted by atomic mass is 32.2. The van der Waals surface area contributed by atoms with Gasteiger partial charge in [-0.3, -0.25) is 18.9 Å². The van der Waals surface area contributed by atoms with E-state index in [2.05, 4.69) is 26.6 Å². The zero-order valence-electron chi connectivity index (χ0n) is 19.7. The Hall–Kier alpha value is -3.94. The van der Waals surface area contributed by atoms with Crippen LogP contribution in [0.5, 0.6) is 0 Å². The molecule has 0 saturated carbocycles. The maximum absolute atomic E-state index is 13.0. The first-order valence-electron chi connectivity index (χ1n) is 11.0. The summed E-state index contributed by atoms with van der Waals surface area (Å²) in [5, 5.41) is 22.0. The summed E-state index contributed by atoms with van der Waals surface area (Å²) in [6, 6.07) is 15.6. The van der Waals surface area contributed by atoms with Gasteiger partial charge in [0.1, 0.15) is 11.9 Å². The Morgan fingerprint density at radius 1 is 1.14 bits per heavy atom. The summed E-state index contributed by atoms with van der Waals surface area (Å²) < 4.78 is 9.08. The van der Waals surface area contributed by atoms with E-state index in [1.807, 2.05) is 65.4 Å². The molecule has 0 unspecified atom stereocenters. The van der Waals surface area contributed by atoms with Gasteiger partial charge in [0.25, 0.3) is 0 Å². The number of hydrogen-bond acceptors (Lipinski definition) is 7. The van der Waals surface area contributed by atoms with E-state index in [4.69, 9.17) is 4.74 Å². The fraction of sp³-hybridized carbons (Fsp3) is 0.240. The lowest BCUT2D eigenvalue weighted by molar-refractivity contribution is -0.113. The third-order valence-corrected chi connectivity index (χ3v) is 6.57. The first-order valence-corrected chi connectivity index (χ1v) is 12.0. The summed E-state index contributed by atoms with van der Waals surface area (Å²) >= 11 is 1.28. The molecule has 0 fully saturated rings. The molecule has 0 aliphatic heterocycles. The van der Waals surface area contributed by atoms with Gasteiger partial charge in [0.15, 0.2) is 11.0 Å². The molecule has 10 heteroatoms. The number of methoxy groups -OCH3 is 1. The molecule has 9 nitrogen and oxygen atoms in total. The van der Waals surface area contributed by atoms with Crippen molar-refractivity contribution >= 4 is 23.5 Å². The van der Waals surface area contributed by atoms with Crippen molar-refractivity contribution in [2.75, 3.05) is 24.8 Å². The lowest BCUT2D eigenvalue weighted by atomic mass is 10.2. The van der Waals surface area contributed by atoms with Crippen molar-refractivity contribution in [2.45, 2.75) is 25.5 Å². The predicted octanol–water partition coefficient (Wildman–Crippen LogP) is 4.00. The Morgan fingerprint density at radius 3 is 2.57 bits per heavy atom. The van der Waals surface area contributed by atoms with Gasteiger partial charge in [0.2, 0.25) is 5.91 Å². The average molecular weight is 488 g/mol. The highest BCUT2D eigenvalue weighted by Gasteiger charge is 2.21. The maximum Gasteiger partial charge on any atom is 0.236 e. The van der Waals surface area contributed by atoms with Crippen molar-refractivity contribution in [3.05, 3.63) is 71.7 Å². The van der Waals surface area contributed by atoms with Crippen molar-refractivity contribution in [3.63, 3.8) is 0 Å². The van der Waals surface area contributed by atoms with E-state index in [1.165, 1.54) is 11.8 Å². The molecule has 3 heterocycles. The van der Waals surface area contributed by atoms with Gasteiger partial charge >= 0.3 is 0 Å². The molecule has 35 heavy (non-hydrogen) atoms. The van der Waals surface area contributed by atoms with E-state index in [9.17, 15) is 10.1 Å². The van der Waals surface area contributed by atoms with Crippen LogP contribution in [0.15, 0.2) is 60.0 Å². The van der Waals surface area contributed by atoms with Gasteiger partial charge in [0.05, 0.1) is 24.5 Å². The molecule has 1 aromatic carbocycles. The van der Waals surface area contributed by atoms with E-state index in [0.717, 1.165) is 22.5 Å². The van der Waals surface area contributed by atoms with E-state index in [1.54, 1.807) is 19.5 Å². The van der Waals surface area contributed by atoms with Crippen LogP contribution in [0.3, 0.4) is 0 Å². The molecule has 0 spiro atoms. The number of nitrogens with one attached hydrogen (secondary N) is 1. The predicted molar refractivity (Wildman–Crippen MR) is 134 cm³/mol. The number of carbonyl (C=O) groups excluding carboxylic acids is 1. The highest BCUT2D eigenvalue weighted by Crippen LogP contribution is 2.30. The molecule has 0 bridgehead atoms. The Morgan fingerprint density at radius 2 is 1.89 bits per heavy atom. The second-order valence-corrected chi connectivity index (χ2v) is 8.68. The molecular weight excluding hydrogens is 462 g/mol. The van der Waals surface area contributed by atoms with Crippen molar-refractivity contribution in [2.24, 2.45) is 0 Å². The third-order valence-electron chi connectivity index (χ3n) is 5.60. The molecule has 0 radical (unpaired) electrons. The number of benzene rings is 1. The number of para-hydroxylation sites is 1. The molecular formula is C25H25N7O2S. The summed E-state index contributed by atoms with van der Waals surface area (Å²) in [5.41, 5.74) is 3.94. The van der Waals surface area contributed by atoms with Crippen molar-refractivity contribution in [3.8, 4) is 23.1 Å². The molecule has 1 N–H and O–H groups in total. The molecule has 0 saturated heterocycles. The standard InChI is InChI=1S/C25H25N7O2S/c1-17-18(2)32(20-7-5-4-6-8-20)24(21(17)15-26)28-22(33)16-35-25-30-29-23(31(25)13-14-34-3)19-9-11-27-12-10-19/h4-12H,13-14,16H2,1-3H3,(H,28,33). The van der Waals surface area contributed by atoms with Gasteiger partial charge in [-0.05, 0) is 43.7 Å². The number of anilines is 1. The number of ether oxygens (including phenoxy) is 1. The van der Waals surface area contributed by atoms with Gasteiger partial charge in [0, 0.05) is 36.4 Å². The topological polar surface area (TPSA) is 111 Å². The van der Waals surface area contributed by atoms with Gasteiger partial charge in [-0.2, -0.15) is 5.26 Å². The van der Waals surface area contributed by atoms with Crippen LogP contribution in [-0.2, 0) is 16.1 Å². The number of nitriles is 1. The Labute approximate surface area is 207 Å². The Kier molecular flexibility index (Phi) is 7.60. The van der Waals surface area contributed by atoms with E-state index in [-0.39, 0.29) is 11.7 Å². The quantitative estimate of drug-likeness (QED) is 0.355. The molecule has 1 amide bonds. The van der Waals surface area contributed by atoms with Crippen LogP contribution in [0, 0.1) is 25.2 Å². The van der Waals surface area contributed by atoms with E-state index < -0.39 is 0 Å². The van der Waals surface area contributed by atoms with Crippen LogP contribution in [0.2, 0.25) is 0 Å². The molecule has 0 aliphatic rings. The molecule has 178 valence electrons. The van der Waals surface area contributed by atoms with Crippen LogP contribution in [0.25, 0.3) is 17.1 Å². The number of hydrogen-bond donors (Lipinski definition) is 1. The number of carbonyl (C=O) groups is 1. The molecule has 4 rings (SSSR count). The smallest absolute Gasteiger partial charge is 0.236 e. The van der Waals surface area contributed by atoms with Gasteiger partial charge in [-0.25, -0.2) is 0 Å². The summed E-state index contributed by atoms with van der Waals surface area (Å²) in [6.07, 6.45) is 3.40. The number of thioether (sulfide) groups is 1. The lowest BCUT2D eigenvalue weighted by Gasteiger charge is -2.13. The minimum absolute atomic E-state index is 0.102. The summed E-state index contributed by atoms with van der Waals surface area (Å²) in [6.45, 7) is 4.84. The van der Waals surface area contributed by atoms with E-state index in [0.29, 0.717) is 35.5 Å². The minimum Gasteiger partial charge on any atom is -0.383 e. The van der Waals surface area contributed by atoms with Crippen LogP contribution in [0.4, 0.5) is 5.82 Å². The fourth-order valence-electron chi connectivity index (χ4n) is 3.75. The molecule has 0 aliphatic carbocycles. The van der Waals surface area contributed by atoms with Crippen LogP contribution < -0.4 is 5.32 Å². The maximum atomic E-state index is 13.0. The second kappa shape index (κ2) is 11.0. The van der Waals surface area contributed by atoms with Gasteiger partial charge in [-0.15, -0.1) is 10.2 Å². The number of nitrogens with zero attached hydrogens (tertiary/aromatic N) is 6. The number of amides is 1. The SMILES string of the molecule is COCCn1c(SCC(=O)Nc2c(C#N)c(C)c(C)n2-c2ccccc2)nnc1-c1ccncc1. The largest absolute Gasteiger partial charge is 0.383 e. The zero-order valence-corrected chi connectivity index (χ0v) is 20.5. The number of pyridine rings is 1. The second-order valence-electron chi connectivity index (χ2n) is 7.74. The van der Waals surface area contributed by atoms with Crippen LogP contribution in [-0.4, -0.2) is 49.7 Å². The average Bonchev–Trinajstić information content (AvgIpc) is 3.40. The summed E-state index contributed by atoms with van der Waals surface area (Å²) in [5.74, 6) is 1.01. The Bertz CT molecular complexity index is 1360. The zero-order chi connectivity index (χ0) is 24.8. The number of rotatable bonds is 9. The normalized spacial score (nSPS) is 10.8. The molecule has 4 aromatic rings. The fourth-order valence-corrected chi connectivity index (χ4v) is 4.52. The summed E-state index contributed by atoms with van der Waals surface area (Å²) in [7, 11) is 1.63.